The second-order valence-corrected chi connectivity index (χ2v) is 4.55. The highest BCUT2D eigenvalue weighted by atomic mass is 19.1. The molecule has 0 atom stereocenters. The molecule has 0 aliphatic heterocycles. The Balaban J connectivity index is 2.15. The van der Waals surface area contributed by atoms with Gasteiger partial charge in [0.15, 0.2) is 11.6 Å². The van der Waals surface area contributed by atoms with Crippen LogP contribution < -0.4 is 4.74 Å². The van der Waals surface area contributed by atoms with Crippen LogP contribution in [-0.4, -0.2) is 7.11 Å². The molecule has 20 heavy (non-hydrogen) atoms. The Hall–Kier alpha value is -2.27. The first-order chi connectivity index (χ1) is 9.72. The molecule has 102 valence electrons. The van der Waals surface area contributed by atoms with Gasteiger partial charge in [-0.1, -0.05) is 37.3 Å². The van der Waals surface area contributed by atoms with Gasteiger partial charge in [-0.05, 0) is 42.3 Å². The van der Waals surface area contributed by atoms with Crippen LogP contribution in [0.25, 0.3) is 0 Å². The van der Waals surface area contributed by atoms with Crippen LogP contribution in [0.5, 0.6) is 5.75 Å². The fourth-order valence-electron chi connectivity index (χ4n) is 1.93. The van der Waals surface area contributed by atoms with Crippen molar-refractivity contribution in [3.05, 3.63) is 65.0 Å². The Morgan fingerprint density at radius 3 is 2.25 bits per heavy atom. The van der Waals surface area contributed by atoms with E-state index in [1.807, 2.05) is 12.1 Å². The minimum Gasteiger partial charge on any atom is -0.494 e. The van der Waals surface area contributed by atoms with Gasteiger partial charge in [-0.25, -0.2) is 4.39 Å². The van der Waals surface area contributed by atoms with Crippen molar-refractivity contribution in [2.75, 3.05) is 7.11 Å². The molecule has 2 aromatic carbocycles. The van der Waals surface area contributed by atoms with Gasteiger partial charge in [0.1, 0.15) is 0 Å². The first kappa shape index (κ1) is 14.1. The lowest BCUT2D eigenvalue weighted by molar-refractivity contribution is 0.386. The van der Waals surface area contributed by atoms with Gasteiger partial charge < -0.3 is 4.74 Å². The van der Waals surface area contributed by atoms with E-state index in [-0.39, 0.29) is 5.75 Å². The predicted molar refractivity (Wildman–Crippen MR) is 79.4 cm³/mol. The minimum absolute atomic E-state index is 0.236. The molecular formula is C18H17FO. The van der Waals surface area contributed by atoms with Gasteiger partial charge in [-0.3, -0.25) is 0 Å². The lowest BCUT2D eigenvalue weighted by atomic mass is 10.1. The van der Waals surface area contributed by atoms with Gasteiger partial charge in [0.25, 0.3) is 0 Å². The van der Waals surface area contributed by atoms with Crippen LogP contribution in [-0.2, 0) is 6.42 Å². The van der Waals surface area contributed by atoms with E-state index in [0.29, 0.717) is 5.56 Å². The molecule has 0 radical (unpaired) electrons. The van der Waals surface area contributed by atoms with E-state index in [1.165, 1.54) is 18.7 Å². The molecule has 0 aliphatic carbocycles. The molecule has 0 saturated carbocycles. The summed E-state index contributed by atoms with van der Waals surface area (Å²) in [6.07, 6.45) is 2.22. The number of aryl methyl sites for hydroxylation is 1. The average molecular weight is 268 g/mol. The van der Waals surface area contributed by atoms with Gasteiger partial charge in [0.2, 0.25) is 0 Å². The molecule has 2 aromatic rings. The second-order valence-electron chi connectivity index (χ2n) is 4.55. The van der Waals surface area contributed by atoms with Gasteiger partial charge in [-0.15, -0.1) is 0 Å². The average Bonchev–Trinajstić information content (AvgIpc) is 2.47. The lowest BCUT2D eigenvalue weighted by Gasteiger charge is -2.00. The molecule has 0 aromatic heterocycles. The third-order valence-electron chi connectivity index (χ3n) is 3.00. The zero-order valence-electron chi connectivity index (χ0n) is 11.7. The summed E-state index contributed by atoms with van der Waals surface area (Å²) in [6.45, 7) is 2.16. The fraction of sp³-hybridized carbons (Fsp3) is 0.222. The summed E-state index contributed by atoms with van der Waals surface area (Å²) in [5.74, 6) is 5.84. The Morgan fingerprint density at radius 2 is 1.65 bits per heavy atom. The second kappa shape index (κ2) is 6.77. The van der Waals surface area contributed by atoms with Crippen LogP contribution in [0.1, 0.15) is 30.0 Å². The third kappa shape index (κ3) is 3.61. The normalized spacial score (nSPS) is 9.75. The highest BCUT2D eigenvalue weighted by Crippen LogP contribution is 2.17. The maximum absolute atomic E-state index is 13.5. The molecule has 2 rings (SSSR count). The molecule has 0 amide bonds. The van der Waals surface area contributed by atoms with E-state index in [9.17, 15) is 4.39 Å². The van der Waals surface area contributed by atoms with E-state index in [0.717, 1.165) is 18.4 Å². The largest absolute Gasteiger partial charge is 0.494 e. The first-order valence-corrected chi connectivity index (χ1v) is 6.67. The lowest BCUT2D eigenvalue weighted by Crippen LogP contribution is -1.88. The molecule has 2 heteroatoms. The van der Waals surface area contributed by atoms with Crippen LogP contribution in [0.4, 0.5) is 4.39 Å². The van der Waals surface area contributed by atoms with Gasteiger partial charge in [-0.2, -0.15) is 0 Å². The highest BCUT2D eigenvalue weighted by Gasteiger charge is 2.01. The van der Waals surface area contributed by atoms with Crippen molar-refractivity contribution in [3.8, 4) is 17.6 Å². The Bertz CT molecular complexity index is 633. The molecule has 0 bridgehead atoms. The highest BCUT2D eigenvalue weighted by molar-refractivity contribution is 5.45. The number of halogens is 1. The van der Waals surface area contributed by atoms with Crippen molar-refractivity contribution in [1.82, 2.24) is 0 Å². The summed E-state index contributed by atoms with van der Waals surface area (Å²) >= 11 is 0. The molecule has 0 aliphatic rings. The maximum atomic E-state index is 13.5. The summed E-state index contributed by atoms with van der Waals surface area (Å²) in [6, 6.07) is 12.9. The maximum Gasteiger partial charge on any atom is 0.166 e. The number of methoxy groups -OCH3 is 1. The SMILES string of the molecule is CCCc1ccc(C#Cc2ccc(OC)c(F)c2)cc1. The number of ether oxygens (including phenoxy) is 1. The van der Waals surface area contributed by atoms with Crippen LogP contribution in [0.15, 0.2) is 42.5 Å². The van der Waals surface area contributed by atoms with Crippen molar-refractivity contribution in [3.63, 3.8) is 0 Å². The third-order valence-corrected chi connectivity index (χ3v) is 3.00. The van der Waals surface area contributed by atoms with Crippen molar-refractivity contribution in [1.29, 1.82) is 0 Å². The van der Waals surface area contributed by atoms with Gasteiger partial charge >= 0.3 is 0 Å². The number of benzene rings is 2. The van der Waals surface area contributed by atoms with Crippen LogP contribution in [0.2, 0.25) is 0 Å². The molecule has 0 N–H and O–H groups in total. The van der Waals surface area contributed by atoms with E-state index >= 15 is 0 Å². The first-order valence-electron chi connectivity index (χ1n) is 6.67. The zero-order valence-corrected chi connectivity index (χ0v) is 11.7. The van der Waals surface area contributed by atoms with Crippen molar-refractivity contribution >= 4 is 0 Å². The van der Waals surface area contributed by atoms with Crippen molar-refractivity contribution in [2.24, 2.45) is 0 Å². The Kier molecular flexibility index (Phi) is 4.79. The molecule has 0 heterocycles. The Morgan fingerprint density at radius 1 is 1.00 bits per heavy atom. The molecule has 0 spiro atoms. The summed E-state index contributed by atoms with van der Waals surface area (Å²) in [7, 11) is 1.45. The number of hydrogen-bond acceptors (Lipinski definition) is 1. The fourth-order valence-corrected chi connectivity index (χ4v) is 1.93. The van der Waals surface area contributed by atoms with Gasteiger partial charge in [0, 0.05) is 11.1 Å². The van der Waals surface area contributed by atoms with Crippen LogP contribution in [0.3, 0.4) is 0 Å². The van der Waals surface area contributed by atoms with E-state index < -0.39 is 5.82 Å². The minimum atomic E-state index is -0.391. The molecule has 0 fully saturated rings. The van der Waals surface area contributed by atoms with Crippen LogP contribution >= 0.6 is 0 Å². The standard InChI is InChI=1S/C18H17FO/c1-3-4-14-5-7-15(8-6-14)9-10-16-11-12-18(20-2)17(19)13-16/h5-8,11-13H,3-4H2,1-2H3. The number of hydrogen-bond donors (Lipinski definition) is 0. The summed E-state index contributed by atoms with van der Waals surface area (Å²) in [4.78, 5) is 0. The molecule has 0 unspecified atom stereocenters. The summed E-state index contributed by atoms with van der Waals surface area (Å²) < 4.78 is 18.4. The van der Waals surface area contributed by atoms with Crippen molar-refractivity contribution < 1.29 is 9.13 Å². The molecular weight excluding hydrogens is 251 g/mol. The van der Waals surface area contributed by atoms with Gasteiger partial charge in [0.05, 0.1) is 7.11 Å². The van der Waals surface area contributed by atoms with E-state index in [1.54, 1.807) is 12.1 Å². The predicted octanol–water partition coefficient (Wildman–Crippen LogP) is 4.19. The van der Waals surface area contributed by atoms with E-state index in [2.05, 4.69) is 30.9 Å². The quantitative estimate of drug-likeness (QED) is 0.759. The molecule has 1 nitrogen and oxygen atoms in total. The zero-order chi connectivity index (χ0) is 14.4. The molecule has 0 saturated heterocycles. The topological polar surface area (TPSA) is 9.23 Å². The summed E-state index contributed by atoms with van der Waals surface area (Å²) in [5, 5.41) is 0. The van der Waals surface area contributed by atoms with E-state index in [4.69, 9.17) is 4.74 Å². The summed E-state index contributed by atoms with van der Waals surface area (Å²) in [5.41, 5.74) is 2.88. The Labute approximate surface area is 119 Å². The van der Waals surface area contributed by atoms with Crippen molar-refractivity contribution in [2.45, 2.75) is 19.8 Å². The smallest absolute Gasteiger partial charge is 0.166 e. The number of rotatable bonds is 3. The monoisotopic (exact) mass is 268 g/mol. The van der Waals surface area contributed by atoms with Crippen LogP contribution in [0, 0.1) is 17.7 Å².